The summed E-state index contributed by atoms with van der Waals surface area (Å²) < 4.78 is 31.6. The highest BCUT2D eigenvalue weighted by Crippen LogP contribution is 2.14. The van der Waals surface area contributed by atoms with Crippen LogP contribution in [0.25, 0.3) is 0 Å². The number of ether oxygens (including phenoxy) is 1. The van der Waals surface area contributed by atoms with Gasteiger partial charge in [0.25, 0.3) is 0 Å². The minimum atomic E-state index is -0.809. The Bertz CT molecular complexity index is 371. The summed E-state index contributed by atoms with van der Waals surface area (Å²) in [5.74, 6) is -1.61. The predicted octanol–water partition coefficient (Wildman–Crippen LogP) is 2.91. The van der Waals surface area contributed by atoms with Gasteiger partial charge >= 0.3 is 0 Å². The minimum absolute atomic E-state index is 0.0770. The fraction of sp³-hybridized carbons (Fsp3) is 0.571. The van der Waals surface area contributed by atoms with Crippen LogP contribution in [-0.4, -0.2) is 25.8 Å². The molecule has 0 fully saturated rings. The van der Waals surface area contributed by atoms with Gasteiger partial charge in [0.15, 0.2) is 11.6 Å². The molecule has 0 spiro atoms. The van der Waals surface area contributed by atoms with E-state index < -0.39 is 11.6 Å². The summed E-state index contributed by atoms with van der Waals surface area (Å²) in [6.45, 7) is 4.65. The van der Waals surface area contributed by atoms with Crippen LogP contribution in [0.2, 0.25) is 0 Å². The molecule has 0 aliphatic carbocycles. The molecule has 0 saturated heterocycles. The first kappa shape index (κ1) is 15.1. The normalized spacial score (nSPS) is 14.5. The third-order valence-electron chi connectivity index (χ3n) is 3.04. The van der Waals surface area contributed by atoms with Crippen LogP contribution in [0.1, 0.15) is 25.8 Å². The van der Waals surface area contributed by atoms with Gasteiger partial charge in [-0.15, -0.1) is 0 Å². The molecule has 1 aromatic rings. The molecule has 102 valence electrons. The molecule has 2 nitrogen and oxygen atoms in total. The quantitative estimate of drug-likeness (QED) is 0.811. The fourth-order valence-corrected chi connectivity index (χ4v) is 2.07. The second-order valence-corrected chi connectivity index (χ2v) is 4.25. The first-order chi connectivity index (χ1) is 8.62. The summed E-state index contributed by atoms with van der Waals surface area (Å²) >= 11 is 0. The van der Waals surface area contributed by atoms with E-state index in [0.717, 1.165) is 12.0 Å². The number of halogens is 2. The molecule has 0 aliphatic heterocycles. The average Bonchev–Trinajstić information content (AvgIpc) is 2.37. The molecule has 0 aliphatic rings. The van der Waals surface area contributed by atoms with Crippen LogP contribution >= 0.6 is 0 Å². The van der Waals surface area contributed by atoms with Crippen LogP contribution < -0.4 is 5.32 Å². The third-order valence-corrected chi connectivity index (χ3v) is 3.04. The number of hydrogen-bond acceptors (Lipinski definition) is 2. The number of hydrogen-bond donors (Lipinski definition) is 1. The highest BCUT2D eigenvalue weighted by molar-refractivity contribution is 5.19. The Balaban J connectivity index is 2.74. The maximum atomic E-state index is 13.1. The minimum Gasteiger partial charge on any atom is -0.377 e. The van der Waals surface area contributed by atoms with Crippen LogP contribution in [0.15, 0.2) is 18.2 Å². The fourth-order valence-electron chi connectivity index (χ4n) is 2.07. The van der Waals surface area contributed by atoms with Gasteiger partial charge in [0.2, 0.25) is 0 Å². The monoisotopic (exact) mass is 257 g/mol. The van der Waals surface area contributed by atoms with Gasteiger partial charge in [-0.25, -0.2) is 8.78 Å². The molecule has 1 rings (SSSR count). The van der Waals surface area contributed by atoms with E-state index in [1.165, 1.54) is 12.1 Å². The van der Waals surface area contributed by atoms with Gasteiger partial charge in [0, 0.05) is 12.6 Å². The highest BCUT2D eigenvalue weighted by atomic mass is 19.2. The van der Waals surface area contributed by atoms with E-state index in [1.807, 2.05) is 14.0 Å². The SMILES string of the molecule is CCOC(CC)C(Cc1ccc(F)c(F)c1)NC. The van der Waals surface area contributed by atoms with Crippen LogP contribution in [-0.2, 0) is 11.2 Å². The molecular formula is C14H21F2NO. The van der Waals surface area contributed by atoms with E-state index in [1.54, 1.807) is 6.07 Å². The smallest absolute Gasteiger partial charge is 0.159 e. The van der Waals surface area contributed by atoms with Crippen LogP contribution in [0, 0.1) is 11.6 Å². The summed E-state index contributed by atoms with van der Waals surface area (Å²) in [7, 11) is 1.85. The van der Waals surface area contributed by atoms with Crippen molar-refractivity contribution < 1.29 is 13.5 Å². The Labute approximate surface area is 107 Å². The van der Waals surface area contributed by atoms with E-state index in [-0.39, 0.29) is 12.1 Å². The van der Waals surface area contributed by atoms with Gasteiger partial charge in [-0.1, -0.05) is 13.0 Å². The number of rotatable bonds is 7. The van der Waals surface area contributed by atoms with Crippen molar-refractivity contribution in [3.63, 3.8) is 0 Å². The number of likely N-dealkylation sites (N-methyl/N-ethyl adjacent to an activating group) is 1. The van der Waals surface area contributed by atoms with Gasteiger partial charge in [-0.3, -0.25) is 0 Å². The zero-order chi connectivity index (χ0) is 13.5. The van der Waals surface area contributed by atoms with Crippen molar-refractivity contribution in [1.82, 2.24) is 5.32 Å². The van der Waals surface area contributed by atoms with Crippen molar-refractivity contribution in [1.29, 1.82) is 0 Å². The van der Waals surface area contributed by atoms with E-state index in [0.29, 0.717) is 13.0 Å². The van der Waals surface area contributed by atoms with Crippen molar-refractivity contribution in [3.8, 4) is 0 Å². The lowest BCUT2D eigenvalue weighted by atomic mass is 9.99. The van der Waals surface area contributed by atoms with Crippen molar-refractivity contribution >= 4 is 0 Å². The summed E-state index contributed by atoms with van der Waals surface area (Å²) in [4.78, 5) is 0. The summed E-state index contributed by atoms with van der Waals surface area (Å²) in [6, 6.07) is 4.12. The molecule has 0 saturated carbocycles. The largest absolute Gasteiger partial charge is 0.377 e. The summed E-state index contributed by atoms with van der Waals surface area (Å²) in [6.07, 6.45) is 1.57. The summed E-state index contributed by atoms with van der Waals surface area (Å²) in [5.41, 5.74) is 0.770. The second kappa shape index (κ2) is 7.44. The van der Waals surface area contributed by atoms with Gasteiger partial charge in [0.05, 0.1) is 6.10 Å². The van der Waals surface area contributed by atoms with E-state index in [2.05, 4.69) is 12.2 Å². The molecule has 0 heterocycles. The molecule has 1 aromatic carbocycles. The molecular weight excluding hydrogens is 236 g/mol. The zero-order valence-electron chi connectivity index (χ0n) is 11.2. The van der Waals surface area contributed by atoms with Gasteiger partial charge in [-0.2, -0.15) is 0 Å². The zero-order valence-corrected chi connectivity index (χ0v) is 11.2. The highest BCUT2D eigenvalue weighted by Gasteiger charge is 2.19. The molecule has 2 unspecified atom stereocenters. The Hall–Kier alpha value is -1.00. The lowest BCUT2D eigenvalue weighted by Crippen LogP contribution is -2.40. The lowest BCUT2D eigenvalue weighted by Gasteiger charge is -2.26. The average molecular weight is 257 g/mol. The van der Waals surface area contributed by atoms with E-state index >= 15 is 0 Å². The van der Waals surface area contributed by atoms with Crippen LogP contribution in [0.3, 0.4) is 0 Å². The van der Waals surface area contributed by atoms with Crippen LogP contribution in [0.4, 0.5) is 8.78 Å². The molecule has 0 radical (unpaired) electrons. The number of benzene rings is 1. The Morgan fingerprint density at radius 1 is 1.22 bits per heavy atom. The first-order valence-corrected chi connectivity index (χ1v) is 6.35. The van der Waals surface area contributed by atoms with E-state index in [4.69, 9.17) is 4.74 Å². The van der Waals surface area contributed by atoms with Gasteiger partial charge < -0.3 is 10.1 Å². The summed E-state index contributed by atoms with van der Waals surface area (Å²) in [5, 5.41) is 3.18. The molecule has 4 heteroatoms. The molecule has 18 heavy (non-hydrogen) atoms. The Morgan fingerprint density at radius 2 is 1.94 bits per heavy atom. The van der Waals surface area contributed by atoms with Crippen molar-refractivity contribution in [2.45, 2.75) is 38.8 Å². The topological polar surface area (TPSA) is 21.3 Å². The molecule has 1 N–H and O–H groups in total. The Kier molecular flexibility index (Phi) is 6.22. The van der Waals surface area contributed by atoms with Crippen molar-refractivity contribution in [3.05, 3.63) is 35.4 Å². The van der Waals surface area contributed by atoms with Gasteiger partial charge in [0.1, 0.15) is 0 Å². The molecule has 0 bridgehead atoms. The van der Waals surface area contributed by atoms with E-state index in [9.17, 15) is 8.78 Å². The third kappa shape index (κ3) is 4.03. The first-order valence-electron chi connectivity index (χ1n) is 6.35. The Morgan fingerprint density at radius 3 is 2.44 bits per heavy atom. The second-order valence-electron chi connectivity index (χ2n) is 4.25. The lowest BCUT2D eigenvalue weighted by molar-refractivity contribution is 0.0339. The van der Waals surface area contributed by atoms with Crippen molar-refractivity contribution in [2.24, 2.45) is 0 Å². The predicted molar refractivity (Wildman–Crippen MR) is 68.6 cm³/mol. The maximum Gasteiger partial charge on any atom is 0.159 e. The van der Waals surface area contributed by atoms with Gasteiger partial charge in [-0.05, 0) is 44.5 Å². The number of nitrogens with one attached hydrogen (secondary N) is 1. The maximum absolute atomic E-state index is 13.1. The van der Waals surface area contributed by atoms with Crippen LogP contribution in [0.5, 0.6) is 0 Å². The molecule has 0 amide bonds. The molecule has 0 aromatic heterocycles. The van der Waals surface area contributed by atoms with Crippen molar-refractivity contribution in [2.75, 3.05) is 13.7 Å². The molecule has 2 atom stereocenters. The standard InChI is InChI=1S/C14H21F2NO/c1-4-14(18-5-2)13(17-3)9-10-6-7-11(15)12(16)8-10/h6-8,13-14,17H,4-5,9H2,1-3H3.